The molecule has 0 aromatic carbocycles. The van der Waals surface area contributed by atoms with Crippen LogP contribution in [0.4, 0.5) is 19.0 Å². The molecule has 1 atom stereocenters. The molecule has 0 spiro atoms. The predicted octanol–water partition coefficient (Wildman–Crippen LogP) is 3.34. The average molecular weight is 380 g/mol. The number of halogens is 3. The van der Waals surface area contributed by atoms with Gasteiger partial charge in [-0.05, 0) is 31.9 Å². The molecule has 3 rings (SSSR count). The Morgan fingerprint density at radius 3 is 2.85 bits per heavy atom. The van der Waals surface area contributed by atoms with Gasteiger partial charge in [0.2, 0.25) is 0 Å². The summed E-state index contributed by atoms with van der Waals surface area (Å²) in [7, 11) is 0. The second-order valence-corrected chi connectivity index (χ2v) is 6.21. The molecule has 1 saturated heterocycles. The highest BCUT2D eigenvalue weighted by molar-refractivity contribution is 5.73. The minimum Gasteiger partial charge on any atom is -0.466 e. The van der Waals surface area contributed by atoms with Crippen molar-refractivity contribution in [2.24, 2.45) is 5.92 Å². The highest BCUT2D eigenvalue weighted by atomic mass is 19.4. The molecular weight excluding hydrogens is 361 g/mol. The van der Waals surface area contributed by atoms with Gasteiger partial charge in [0.1, 0.15) is 5.82 Å². The Balaban J connectivity index is 1.95. The van der Waals surface area contributed by atoms with Crippen LogP contribution in [0.2, 0.25) is 0 Å². The lowest BCUT2D eigenvalue weighted by molar-refractivity contribution is -0.148. The van der Waals surface area contributed by atoms with Gasteiger partial charge in [-0.1, -0.05) is 0 Å². The molecule has 0 amide bonds. The maximum Gasteiger partial charge on any atom is 0.433 e. The van der Waals surface area contributed by atoms with Crippen molar-refractivity contribution in [3.63, 3.8) is 0 Å². The number of piperidine rings is 1. The fourth-order valence-electron chi connectivity index (χ4n) is 3.00. The van der Waals surface area contributed by atoms with Gasteiger partial charge in [0.15, 0.2) is 11.5 Å². The van der Waals surface area contributed by atoms with Crippen LogP contribution in [0.1, 0.15) is 25.5 Å². The summed E-state index contributed by atoms with van der Waals surface area (Å²) in [6, 6.07) is 4.13. The molecule has 3 heterocycles. The summed E-state index contributed by atoms with van der Waals surface area (Å²) >= 11 is 0. The molecular formula is C18H19F3N4O2. The van der Waals surface area contributed by atoms with Crippen LogP contribution in [0, 0.1) is 5.92 Å². The summed E-state index contributed by atoms with van der Waals surface area (Å²) in [5.74, 6) is -0.624. The van der Waals surface area contributed by atoms with Crippen LogP contribution in [0.15, 0.2) is 30.6 Å². The maximum absolute atomic E-state index is 13.3. The normalized spacial score (nSPS) is 17.6. The Morgan fingerprint density at radius 1 is 1.37 bits per heavy atom. The molecule has 0 saturated carbocycles. The van der Waals surface area contributed by atoms with Crippen molar-refractivity contribution >= 4 is 11.8 Å². The molecule has 1 aliphatic rings. The van der Waals surface area contributed by atoms with E-state index in [1.165, 1.54) is 12.4 Å². The van der Waals surface area contributed by atoms with Gasteiger partial charge in [-0.2, -0.15) is 13.2 Å². The Hall–Kier alpha value is -2.71. The molecule has 0 bridgehead atoms. The fourth-order valence-corrected chi connectivity index (χ4v) is 3.00. The Morgan fingerprint density at radius 2 is 2.19 bits per heavy atom. The quantitative estimate of drug-likeness (QED) is 0.758. The number of carbonyl (C=O) groups excluding carboxylic acids is 1. The van der Waals surface area contributed by atoms with Crippen LogP contribution in [-0.2, 0) is 15.7 Å². The van der Waals surface area contributed by atoms with E-state index in [-0.39, 0.29) is 36.7 Å². The van der Waals surface area contributed by atoms with Gasteiger partial charge in [0.25, 0.3) is 0 Å². The molecule has 1 fully saturated rings. The second kappa shape index (κ2) is 7.89. The van der Waals surface area contributed by atoms with Crippen molar-refractivity contribution in [3.05, 3.63) is 36.3 Å². The van der Waals surface area contributed by atoms with E-state index in [0.29, 0.717) is 24.9 Å². The van der Waals surface area contributed by atoms with Crippen LogP contribution >= 0.6 is 0 Å². The first-order valence-electron chi connectivity index (χ1n) is 8.66. The molecule has 0 radical (unpaired) electrons. The van der Waals surface area contributed by atoms with E-state index >= 15 is 0 Å². The van der Waals surface area contributed by atoms with E-state index in [2.05, 4.69) is 15.0 Å². The van der Waals surface area contributed by atoms with Crippen LogP contribution in [0.5, 0.6) is 0 Å². The summed E-state index contributed by atoms with van der Waals surface area (Å²) in [6.45, 7) is 2.77. The summed E-state index contributed by atoms with van der Waals surface area (Å²) in [4.78, 5) is 25.6. The largest absolute Gasteiger partial charge is 0.466 e. The summed E-state index contributed by atoms with van der Waals surface area (Å²) in [6.07, 6.45) is -0.368. The third kappa shape index (κ3) is 4.53. The van der Waals surface area contributed by atoms with Crippen molar-refractivity contribution < 1.29 is 22.7 Å². The molecule has 144 valence electrons. The smallest absolute Gasteiger partial charge is 0.433 e. The Kier molecular flexibility index (Phi) is 5.57. The lowest BCUT2D eigenvalue weighted by atomic mass is 9.98. The number of hydrogen-bond acceptors (Lipinski definition) is 6. The minimum absolute atomic E-state index is 0.0498. The third-order valence-corrected chi connectivity index (χ3v) is 4.29. The van der Waals surface area contributed by atoms with Gasteiger partial charge in [-0.25, -0.2) is 9.97 Å². The van der Waals surface area contributed by atoms with Crippen LogP contribution in [-0.4, -0.2) is 40.6 Å². The van der Waals surface area contributed by atoms with E-state index < -0.39 is 11.9 Å². The number of pyridine rings is 1. The van der Waals surface area contributed by atoms with Gasteiger partial charge >= 0.3 is 12.1 Å². The van der Waals surface area contributed by atoms with Crippen molar-refractivity contribution in [2.75, 3.05) is 24.6 Å². The third-order valence-electron chi connectivity index (χ3n) is 4.29. The SMILES string of the molecule is CCOC(=O)[C@H]1CCCN(c2cc(C(F)(F)F)nc(-c3cccnc3)n2)C1. The number of hydrogen-bond donors (Lipinski definition) is 0. The maximum atomic E-state index is 13.3. The van der Waals surface area contributed by atoms with Crippen molar-refractivity contribution in [2.45, 2.75) is 25.9 Å². The fraction of sp³-hybridized carbons (Fsp3) is 0.444. The second-order valence-electron chi connectivity index (χ2n) is 6.21. The van der Waals surface area contributed by atoms with Crippen LogP contribution in [0.3, 0.4) is 0 Å². The predicted molar refractivity (Wildman–Crippen MR) is 91.8 cm³/mol. The minimum atomic E-state index is -4.61. The van der Waals surface area contributed by atoms with E-state index in [4.69, 9.17) is 4.74 Å². The summed E-state index contributed by atoms with van der Waals surface area (Å²) in [5.41, 5.74) is -0.631. The number of esters is 1. The molecule has 1 aliphatic heterocycles. The number of rotatable bonds is 4. The Bertz CT molecular complexity index is 799. The molecule has 6 nitrogen and oxygen atoms in total. The topological polar surface area (TPSA) is 68.2 Å². The lowest BCUT2D eigenvalue weighted by Gasteiger charge is -2.32. The van der Waals surface area contributed by atoms with Crippen molar-refractivity contribution in [1.29, 1.82) is 0 Å². The standard InChI is InChI=1S/C18H19F3N4O2/c1-2-27-17(26)13-6-4-8-25(11-13)15-9-14(18(19,20)21)23-16(24-15)12-5-3-7-22-10-12/h3,5,7,9-10,13H,2,4,6,8,11H2,1H3/t13-/m0/s1. The average Bonchev–Trinajstić information content (AvgIpc) is 2.68. The summed E-state index contributed by atoms with van der Waals surface area (Å²) in [5, 5.41) is 0. The molecule has 27 heavy (non-hydrogen) atoms. The van der Waals surface area contributed by atoms with Gasteiger partial charge in [-0.15, -0.1) is 0 Å². The number of anilines is 1. The van der Waals surface area contributed by atoms with Crippen molar-refractivity contribution in [3.8, 4) is 11.4 Å². The summed E-state index contributed by atoms with van der Waals surface area (Å²) < 4.78 is 45.1. The van der Waals surface area contributed by atoms with E-state index in [0.717, 1.165) is 6.07 Å². The number of alkyl halides is 3. The van der Waals surface area contributed by atoms with Crippen LogP contribution < -0.4 is 4.90 Å². The first kappa shape index (κ1) is 19.1. The van der Waals surface area contributed by atoms with E-state index in [1.54, 1.807) is 24.0 Å². The van der Waals surface area contributed by atoms with Gasteiger partial charge in [0.05, 0.1) is 12.5 Å². The molecule has 9 heteroatoms. The van der Waals surface area contributed by atoms with E-state index in [9.17, 15) is 18.0 Å². The lowest BCUT2D eigenvalue weighted by Crippen LogP contribution is -2.40. The number of carbonyl (C=O) groups is 1. The molecule has 2 aromatic heterocycles. The molecule has 0 unspecified atom stereocenters. The first-order valence-corrected chi connectivity index (χ1v) is 8.66. The molecule has 0 aliphatic carbocycles. The number of aromatic nitrogens is 3. The van der Waals surface area contributed by atoms with Gasteiger partial charge < -0.3 is 9.64 Å². The van der Waals surface area contributed by atoms with Crippen LogP contribution in [0.25, 0.3) is 11.4 Å². The molecule has 0 N–H and O–H groups in total. The first-order chi connectivity index (χ1) is 12.9. The van der Waals surface area contributed by atoms with Gasteiger partial charge in [0, 0.05) is 37.1 Å². The zero-order valence-electron chi connectivity index (χ0n) is 14.7. The zero-order chi connectivity index (χ0) is 19.4. The Labute approximate surface area is 154 Å². The molecule has 2 aromatic rings. The number of ether oxygens (including phenoxy) is 1. The van der Waals surface area contributed by atoms with Gasteiger partial charge in [-0.3, -0.25) is 9.78 Å². The van der Waals surface area contributed by atoms with E-state index in [1.807, 2.05) is 0 Å². The van der Waals surface area contributed by atoms with Crippen molar-refractivity contribution in [1.82, 2.24) is 15.0 Å². The monoisotopic (exact) mass is 380 g/mol. The highest BCUT2D eigenvalue weighted by Crippen LogP contribution is 2.32. The zero-order valence-corrected chi connectivity index (χ0v) is 14.7. The highest BCUT2D eigenvalue weighted by Gasteiger charge is 2.35. The number of nitrogens with zero attached hydrogens (tertiary/aromatic N) is 4.